The number of hydrogen-bond acceptors (Lipinski definition) is 4. The molecule has 110 valence electrons. The summed E-state index contributed by atoms with van der Waals surface area (Å²) in [5.41, 5.74) is 0. The molecule has 2 N–H and O–H groups in total. The van der Waals surface area contributed by atoms with Crippen molar-refractivity contribution in [1.29, 1.82) is 0 Å². The minimum Gasteiger partial charge on any atom is -0.495 e. The standard InChI is InChI=1S/C13H17NO5S/c1-19-11-4-2-3-5-12(11)20(17,18)14-10-7-6-9(8-10)13(15)16/h2-5,9-10,14H,6-8H2,1H3,(H,15,16). The van der Waals surface area contributed by atoms with Crippen molar-refractivity contribution in [3.05, 3.63) is 24.3 Å². The van der Waals surface area contributed by atoms with Crippen molar-refractivity contribution in [2.24, 2.45) is 5.92 Å². The van der Waals surface area contributed by atoms with Crippen molar-refractivity contribution in [3.8, 4) is 5.75 Å². The van der Waals surface area contributed by atoms with E-state index in [1.165, 1.54) is 13.2 Å². The summed E-state index contributed by atoms with van der Waals surface area (Å²) in [5.74, 6) is -1.07. The molecule has 0 saturated heterocycles. The van der Waals surface area contributed by atoms with Gasteiger partial charge in [0, 0.05) is 6.04 Å². The molecule has 0 aromatic heterocycles. The van der Waals surface area contributed by atoms with Gasteiger partial charge in [-0.1, -0.05) is 12.1 Å². The lowest BCUT2D eigenvalue weighted by Crippen LogP contribution is -2.33. The highest BCUT2D eigenvalue weighted by atomic mass is 32.2. The van der Waals surface area contributed by atoms with Gasteiger partial charge in [0.15, 0.2) is 0 Å². The summed E-state index contributed by atoms with van der Waals surface area (Å²) in [4.78, 5) is 11.0. The largest absolute Gasteiger partial charge is 0.495 e. The molecule has 0 spiro atoms. The fourth-order valence-corrected chi connectivity index (χ4v) is 3.89. The summed E-state index contributed by atoms with van der Waals surface area (Å²) in [5, 5.41) is 8.93. The summed E-state index contributed by atoms with van der Waals surface area (Å²) in [6.07, 6.45) is 1.35. The molecule has 2 rings (SSSR count). The number of aliphatic carboxylic acids is 1. The van der Waals surface area contributed by atoms with Crippen molar-refractivity contribution in [3.63, 3.8) is 0 Å². The number of carboxylic acid groups (broad SMARTS) is 1. The Balaban J connectivity index is 2.14. The maximum atomic E-state index is 12.3. The lowest BCUT2D eigenvalue weighted by atomic mass is 10.1. The number of carbonyl (C=O) groups is 1. The second-order valence-corrected chi connectivity index (χ2v) is 6.50. The smallest absolute Gasteiger partial charge is 0.306 e. The van der Waals surface area contributed by atoms with E-state index in [4.69, 9.17) is 9.84 Å². The monoisotopic (exact) mass is 299 g/mol. The van der Waals surface area contributed by atoms with Gasteiger partial charge < -0.3 is 9.84 Å². The summed E-state index contributed by atoms with van der Waals surface area (Å²) in [6, 6.07) is 6.00. The maximum absolute atomic E-state index is 12.3. The molecule has 1 aromatic carbocycles. The normalized spacial score (nSPS) is 22.6. The molecule has 1 aliphatic rings. The van der Waals surface area contributed by atoms with Crippen LogP contribution in [0.25, 0.3) is 0 Å². The van der Waals surface area contributed by atoms with Gasteiger partial charge in [-0.2, -0.15) is 0 Å². The molecule has 0 radical (unpaired) electrons. The molecular weight excluding hydrogens is 282 g/mol. The van der Waals surface area contributed by atoms with Crippen LogP contribution in [0.4, 0.5) is 0 Å². The summed E-state index contributed by atoms with van der Waals surface area (Å²) >= 11 is 0. The van der Waals surface area contributed by atoms with E-state index in [0.29, 0.717) is 19.3 Å². The number of ether oxygens (including phenoxy) is 1. The van der Waals surface area contributed by atoms with Crippen LogP contribution in [0.1, 0.15) is 19.3 Å². The number of methoxy groups -OCH3 is 1. The van der Waals surface area contributed by atoms with Crippen molar-refractivity contribution < 1.29 is 23.1 Å². The second-order valence-electron chi connectivity index (χ2n) is 4.82. The molecule has 1 aliphatic carbocycles. The first-order valence-corrected chi connectivity index (χ1v) is 7.80. The van der Waals surface area contributed by atoms with Gasteiger partial charge in [0.25, 0.3) is 0 Å². The minimum absolute atomic E-state index is 0.0706. The van der Waals surface area contributed by atoms with E-state index >= 15 is 0 Å². The van der Waals surface area contributed by atoms with Gasteiger partial charge in [-0.3, -0.25) is 4.79 Å². The van der Waals surface area contributed by atoms with E-state index in [1.807, 2.05) is 0 Å². The Kier molecular flexibility index (Phi) is 4.29. The first-order valence-electron chi connectivity index (χ1n) is 6.32. The minimum atomic E-state index is -3.70. The first-order chi connectivity index (χ1) is 9.44. The van der Waals surface area contributed by atoms with Crippen LogP contribution < -0.4 is 9.46 Å². The van der Waals surface area contributed by atoms with E-state index in [9.17, 15) is 13.2 Å². The van der Waals surface area contributed by atoms with Crippen molar-refractivity contribution in [2.45, 2.75) is 30.2 Å². The number of para-hydroxylation sites is 1. The molecule has 0 amide bonds. The lowest BCUT2D eigenvalue weighted by molar-refractivity contribution is -0.141. The Morgan fingerprint density at radius 1 is 1.35 bits per heavy atom. The van der Waals surface area contributed by atoms with Gasteiger partial charge in [-0.25, -0.2) is 13.1 Å². The number of hydrogen-bond donors (Lipinski definition) is 2. The van der Waals surface area contributed by atoms with E-state index in [-0.39, 0.29) is 16.7 Å². The zero-order chi connectivity index (χ0) is 14.8. The van der Waals surface area contributed by atoms with Gasteiger partial charge in [0.05, 0.1) is 13.0 Å². The third kappa shape index (κ3) is 3.10. The topological polar surface area (TPSA) is 92.7 Å². The molecule has 1 aromatic rings. The summed E-state index contributed by atoms with van der Waals surface area (Å²) < 4.78 is 32.2. The molecule has 0 bridgehead atoms. The van der Waals surface area contributed by atoms with Gasteiger partial charge in [0.2, 0.25) is 10.0 Å². The fraction of sp³-hybridized carbons (Fsp3) is 0.462. The number of sulfonamides is 1. The molecule has 2 atom stereocenters. The zero-order valence-electron chi connectivity index (χ0n) is 11.1. The van der Waals surface area contributed by atoms with Gasteiger partial charge in [-0.15, -0.1) is 0 Å². The maximum Gasteiger partial charge on any atom is 0.306 e. The van der Waals surface area contributed by atoms with Crippen LogP contribution in [0.2, 0.25) is 0 Å². The molecule has 1 saturated carbocycles. The summed E-state index contributed by atoms with van der Waals surface area (Å²) in [6.45, 7) is 0. The Morgan fingerprint density at radius 2 is 2.05 bits per heavy atom. The van der Waals surface area contributed by atoms with Crippen LogP contribution in [-0.2, 0) is 14.8 Å². The zero-order valence-corrected chi connectivity index (χ0v) is 11.9. The highest BCUT2D eigenvalue weighted by Crippen LogP contribution is 2.28. The molecular formula is C13H17NO5S. The Hall–Kier alpha value is -1.60. The second kappa shape index (κ2) is 5.80. The van der Waals surface area contributed by atoms with Crippen LogP contribution in [-0.4, -0.2) is 32.6 Å². The molecule has 1 fully saturated rings. The van der Waals surface area contributed by atoms with Crippen molar-refractivity contribution in [1.82, 2.24) is 4.72 Å². The van der Waals surface area contributed by atoms with Crippen LogP contribution in [0.5, 0.6) is 5.75 Å². The van der Waals surface area contributed by atoms with Crippen molar-refractivity contribution >= 4 is 16.0 Å². The van der Waals surface area contributed by atoms with Crippen LogP contribution in [0.15, 0.2) is 29.2 Å². The lowest BCUT2D eigenvalue weighted by Gasteiger charge is -2.14. The third-order valence-electron chi connectivity index (χ3n) is 3.46. The Labute approximate surface area is 117 Å². The Morgan fingerprint density at radius 3 is 2.65 bits per heavy atom. The van der Waals surface area contributed by atoms with E-state index in [1.54, 1.807) is 18.2 Å². The predicted octanol–water partition coefficient (Wildman–Crippen LogP) is 1.23. The number of nitrogens with one attached hydrogen (secondary N) is 1. The van der Waals surface area contributed by atoms with Crippen LogP contribution >= 0.6 is 0 Å². The number of benzene rings is 1. The predicted molar refractivity (Wildman–Crippen MR) is 72.1 cm³/mol. The first kappa shape index (κ1) is 14.8. The van der Waals surface area contributed by atoms with E-state index in [2.05, 4.69) is 4.72 Å². The highest BCUT2D eigenvalue weighted by molar-refractivity contribution is 7.89. The Bertz CT molecular complexity index is 599. The van der Waals surface area contributed by atoms with Gasteiger partial charge >= 0.3 is 5.97 Å². The van der Waals surface area contributed by atoms with Crippen LogP contribution in [0, 0.1) is 5.92 Å². The molecule has 20 heavy (non-hydrogen) atoms. The fourth-order valence-electron chi connectivity index (χ4n) is 2.44. The number of rotatable bonds is 5. The van der Waals surface area contributed by atoms with Crippen LogP contribution in [0.3, 0.4) is 0 Å². The number of carboxylic acids is 1. The quantitative estimate of drug-likeness (QED) is 0.853. The summed E-state index contributed by atoms with van der Waals surface area (Å²) in [7, 11) is -2.30. The molecule has 0 aliphatic heterocycles. The molecule has 2 unspecified atom stereocenters. The van der Waals surface area contributed by atoms with E-state index < -0.39 is 21.9 Å². The van der Waals surface area contributed by atoms with Gasteiger partial charge in [0.1, 0.15) is 10.6 Å². The SMILES string of the molecule is COc1ccccc1S(=O)(=O)NC1CCC(C(=O)O)C1. The average molecular weight is 299 g/mol. The highest BCUT2D eigenvalue weighted by Gasteiger charge is 2.33. The average Bonchev–Trinajstić information content (AvgIpc) is 2.86. The molecule has 7 heteroatoms. The molecule has 0 heterocycles. The molecule has 6 nitrogen and oxygen atoms in total. The van der Waals surface area contributed by atoms with Gasteiger partial charge in [-0.05, 0) is 31.4 Å². The van der Waals surface area contributed by atoms with Crippen molar-refractivity contribution in [2.75, 3.05) is 7.11 Å². The third-order valence-corrected chi connectivity index (χ3v) is 5.02. The van der Waals surface area contributed by atoms with E-state index in [0.717, 1.165) is 0 Å².